The SMILES string of the molecule is CCC(COC)NC(=O)c1ccnc(N(C)C)c1. The van der Waals surface area contributed by atoms with Crippen LogP contribution in [0.25, 0.3) is 0 Å². The minimum atomic E-state index is -0.0931. The number of hydrogen-bond acceptors (Lipinski definition) is 4. The van der Waals surface area contributed by atoms with Crippen molar-refractivity contribution in [1.82, 2.24) is 10.3 Å². The predicted molar refractivity (Wildman–Crippen MR) is 72.0 cm³/mol. The normalized spacial score (nSPS) is 12.0. The number of hydrogen-bond donors (Lipinski definition) is 1. The fraction of sp³-hybridized carbons (Fsp3) is 0.538. The van der Waals surface area contributed by atoms with Gasteiger partial charge in [-0.3, -0.25) is 4.79 Å². The molecule has 0 aliphatic heterocycles. The number of ether oxygens (including phenoxy) is 1. The van der Waals surface area contributed by atoms with Crippen molar-refractivity contribution in [1.29, 1.82) is 0 Å². The van der Waals surface area contributed by atoms with Gasteiger partial charge in [-0.2, -0.15) is 0 Å². The van der Waals surface area contributed by atoms with Crippen molar-refractivity contribution < 1.29 is 9.53 Å². The number of nitrogens with one attached hydrogen (secondary N) is 1. The highest BCUT2D eigenvalue weighted by atomic mass is 16.5. The number of carbonyl (C=O) groups is 1. The molecule has 0 radical (unpaired) electrons. The molecule has 1 N–H and O–H groups in total. The van der Waals surface area contributed by atoms with Gasteiger partial charge in [-0.1, -0.05) is 6.92 Å². The van der Waals surface area contributed by atoms with Crippen LogP contribution in [0, 0.1) is 0 Å². The molecule has 1 unspecified atom stereocenters. The summed E-state index contributed by atoms with van der Waals surface area (Å²) in [5, 5.41) is 2.94. The highest BCUT2D eigenvalue weighted by Gasteiger charge is 2.12. The van der Waals surface area contributed by atoms with Crippen LogP contribution in [-0.4, -0.2) is 44.7 Å². The van der Waals surface area contributed by atoms with E-state index in [2.05, 4.69) is 10.3 Å². The molecule has 1 atom stereocenters. The van der Waals surface area contributed by atoms with Crippen molar-refractivity contribution in [3.8, 4) is 0 Å². The molecular formula is C13H21N3O2. The summed E-state index contributed by atoms with van der Waals surface area (Å²) in [6.45, 7) is 2.54. The van der Waals surface area contributed by atoms with E-state index in [0.29, 0.717) is 12.2 Å². The van der Waals surface area contributed by atoms with E-state index in [-0.39, 0.29) is 11.9 Å². The van der Waals surface area contributed by atoms with Crippen LogP contribution < -0.4 is 10.2 Å². The minimum absolute atomic E-state index is 0.0403. The highest BCUT2D eigenvalue weighted by molar-refractivity contribution is 5.95. The average Bonchev–Trinajstić information content (AvgIpc) is 2.38. The van der Waals surface area contributed by atoms with E-state index in [9.17, 15) is 4.79 Å². The second-order valence-electron chi connectivity index (χ2n) is 4.33. The molecule has 18 heavy (non-hydrogen) atoms. The van der Waals surface area contributed by atoms with E-state index in [4.69, 9.17) is 4.74 Å². The van der Waals surface area contributed by atoms with Crippen LogP contribution in [0.5, 0.6) is 0 Å². The van der Waals surface area contributed by atoms with E-state index in [0.717, 1.165) is 12.2 Å². The first-order valence-corrected chi connectivity index (χ1v) is 6.01. The zero-order valence-electron chi connectivity index (χ0n) is 11.4. The van der Waals surface area contributed by atoms with Gasteiger partial charge in [0.15, 0.2) is 0 Å². The topological polar surface area (TPSA) is 54.5 Å². The first-order valence-electron chi connectivity index (χ1n) is 6.01. The summed E-state index contributed by atoms with van der Waals surface area (Å²) >= 11 is 0. The van der Waals surface area contributed by atoms with E-state index < -0.39 is 0 Å². The maximum atomic E-state index is 12.1. The number of pyridine rings is 1. The molecule has 1 aromatic rings. The Hall–Kier alpha value is -1.62. The van der Waals surface area contributed by atoms with E-state index in [1.54, 1.807) is 25.4 Å². The standard InChI is InChI=1S/C13H21N3O2/c1-5-11(9-18-4)15-13(17)10-6-7-14-12(8-10)16(2)3/h6-8,11H,5,9H2,1-4H3,(H,15,17). The van der Waals surface area contributed by atoms with Gasteiger partial charge < -0.3 is 15.0 Å². The third-order valence-corrected chi connectivity index (χ3v) is 2.66. The Morgan fingerprint density at radius 2 is 2.28 bits per heavy atom. The lowest BCUT2D eigenvalue weighted by Gasteiger charge is -2.17. The van der Waals surface area contributed by atoms with Crippen molar-refractivity contribution in [3.63, 3.8) is 0 Å². The van der Waals surface area contributed by atoms with Gasteiger partial charge in [0.05, 0.1) is 12.6 Å². The zero-order chi connectivity index (χ0) is 13.5. The van der Waals surface area contributed by atoms with E-state index in [1.165, 1.54) is 0 Å². The van der Waals surface area contributed by atoms with Gasteiger partial charge >= 0.3 is 0 Å². The average molecular weight is 251 g/mol. The summed E-state index contributed by atoms with van der Waals surface area (Å²) in [5.41, 5.74) is 0.614. The second-order valence-corrected chi connectivity index (χ2v) is 4.33. The highest BCUT2D eigenvalue weighted by Crippen LogP contribution is 2.09. The van der Waals surface area contributed by atoms with Gasteiger partial charge in [-0.05, 0) is 18.6 Å². The van der Waals surface area contributed by atoms with Crippen LogP contribution in [0.2, 0.25) is 0 Å². The Balaban J connectivity index is 2.74. The summed E-state index contributed by atoms with van der Waals surface area (Å²) in [5.74, 6) is 0.673. The number of methoxy groups -OCH3 is 1. The molecule has 0 bridgehead atoms. The molecule has 5 heteroatoms. The zero-order valence-corrected chi connectivity index (χ0v) is 11.4. The number of amides is 1. The summed E-state index contributed by atoms with van der Waals surface area (Å²) in [6, 6.07) is 3.52. The fourth-order valence-electron chi connectivity index (χ4n) is 1.54. The quantitative estimate of drug-likeness (QED) is 0.828. The van der Waals surface area contributed by atoms with Gasteiger partial charge in [0, 0.05) is 33.0 Å². The van der Waals surface area contributed by atoms with Gasteiger partial charge in [0.25, 0.3) is 5.91 Å². The van der Waals surface area contributed by atoms with E-state index in [1.807, 2.05) is 25.9 Å². The molecule has 0 saturated carbocycles. The molecule has 0 saturated heterocycles. The van der Waals surface area contributed by atoms with Crippen LogP contribution >= 0.6 is 0 Å². The molecule has 0 aliphatic rings. The smallest absolute Gasteiger partial charge is 0.251 e. The molecule has 0 aromatic carbocycles. The lowest BCUT2D eigenvalue weighted by Crippen LogP contribution is -2.37. The van der Waals surface area contributed by atoms with Crippen molar-refractivity contribution in [2.24, 2.45) is 0 Å². The molecule has 0 aliphatic carbocycles. The van der Waals surface area contributed by atoms with Crippen LogP contribution in [0.3, 0.4) is 0 Å². The molecule has 1 aromatic heterocycles. The lowest BCUT2D eigenvalue weighted by molar-refractivity contribution is 0.0894. The number of nitrogens with zero attached hydrogens (tertiary/aromatic N) is 2. The monoisotopic (exact) mass is 251 g/mol. The number of carbonyl (C=O) groups excluding carboxylic acids is 1. The van der Waals surface area contributed by atoms with Gasteiger partial charge in [0.1, 0.15) is 5.82 Å². The Kier molecular flexibility index (Phi) is 5.58. The third kappa shape index (κ3) is 4.00. The van der Waals surface area contributed by atoms with Crippen molar-refractivity contribution in [2.45, 2.75) is 19.4 Å². The van der Waals surface area contributed by atoms with Crippen molar-refractivity contribution >= 4 is 11.7 Å². The number of rotatable bonds is 6. The Labute approximate surface area is 108 Å². The molecule has 1 heterocycles. The second kappa shape index (κ2) is 6.96. The molecule has 0 spiro atoms. The number of aromatic nitrogens is 1. The Bertz CT molecular complexity index is 394. The largest absolute Gasteiger partial charge is 0.383 e. The van der Waals surface area contributed by atoms with Gasteiger partial charge in [0.2, 0.25) is 0 Å². The van der Waals surface area contributed by atoms with Crippen LogP contribution in [0.15, 0.2) is 18.3 Å². The summed E-state index contributed by atoms with van der Waals surface area (Å²) in [7, 11) is 5.42. The number of anilines is 1. The molecule has 100 valence electrons. The van der Waals surface area contributed by atoms with Gasteiger partial charge in [-0.15, -0.1) is 0 Å². The molecule has 1 rings (SSSR count). The first kappa shape index (κ1) is 14.4. The predicted octanol–water partition coefficient (Wildman–Crippen LogP) is 1.30. The summed E-state index contributed by atoms with van der Waals surface area (Å²) in [4.78, 5) is 18.1. The van der Waals surface area contributed by atoms with Crippen LogP contribution in [0.1, 0.15) is 23.7 Å². The van der Waals surface area contributed by atoms with Crippen molar-refractivity contribution in [3.05, 3.63) is 23.9 Å². The Morgan fingerprint density at radius 1 is 1.56 bits per heavy atom. The first-order chi connectivity index (χ1) is 8.58. The van der Waals surface area contributed by atoms with Crippen LogP contribution in [-0.2, 0) is 4.74 Å². The Morgan fingerprint density at radius 3 is 2.83 bits per heavy atom. The summed E-state index contributed by atoms with van der Waals surface area (Å²) < 4.78 is 5.06. The van der Waals surface area contributed by atoms with Crippen LogP contribution in [0.4, 0.5) is 5.82 Å². The molecular weight excluding hydrogens is 230 g/mol. The molecule has 0 fully saturated rings. The lowest BCUT2D eigenvalue weighted by atomic mass is 10.2. The third-order valence-electron chi connectivity index (χ3n) is 2.66. The fourth-order valence-corrected chi connectivity index (χ4v) is 1.54. The molecule has 5 nitrogen and oxygen atoms in total. The maximum Gasteiger partial charge on any atom is 0.251 e. The molecule has 1 amide bonds. The summed E-state index contributed by atoms with van der Waals surface area (Å²) in [6.07, 6.45) is 2.48. The maximum absolute atomic E-state index is 12.1. The van der Waals surface area contributed by atoms with Gasteiger partial charge in [-0.25, -0.2) is 4.98 Å². The minimum Gasteiger partial charge on any atom is -0.383 e. The van der Waals surface area contributed by atoms with E-state index >= 15 is 0 Å². The van der Waals surface area contributed by atoms with Crippen molar-refractivity contribution in [2.75, 3.05) is 32.7 Å².